The van der Waals surface area contributed by atoms with Gasteiger partial charge in [-0.25, -0.2) is 0 Å². The lowest BCUT2D eigenvalue weighted by Gasteiger charge is -2.16. The van der Waals surface area contributed by atoms with Crippen molar-refractivity contribution in [2.75, 3.05) is 16.8 Å². The SMILES string of the molecule is Cc1cccc(NC(=O)CN2C(=O)C(=c3sc4nc(=O)c(Cc5ccccc5)nn4c3=O)c3ccccc32)c1. The van der Waals surface area contributed by atoms with Gasteiger partial charge in [0, 0.05) is 17.7 Å². The molecule has 5 aromatic rings. The molecule has 39 heavy (non-hydrogen) atoms. The van der Waals surface area contributed by atoms with E-state index in [4.69, 9.17) is 0 Å². The van der Waals surface area contributed by atoms with E-state index in [0.29, 0.717) is 16.9 Å². The maximum atomic E-state index is 13.7. The molecule has 192 valence electrons. The van der Waals surface area contributed by atoms with E-state index in [1.165, 1.54) is 4.90 Å². The summed E-state index contributed by atoms with van der Waals surface area (Å²) >= 11 is 0.935. The van der Waals surface area contributed by atoms with Crippen LogP contribution in [-0.2, 0) is 16.0 Å². The van der Waals surface area contributed by atoms with Crippen molar-refractivity contribution in [3.63, 3.8) is 0 Å². The van der Waals surface area contributed by atoms with Gasteiger partial charge in [-0.15, -0.1) is 0 Å². The molecular weight excluding hydrogens is 514 g/mol. The standard InChI is InChI=1S/C29H21N5O4S/c1-17-8-7-11-19(14-17)30-23(35)16-33-22-13-6-5-12-20(22)24(27(33)37)25-28(38)34-29(39-25)31-26(36)21(32-34)15-18-9-3-2-4-10-18/h2-14H,15-16H2,1H3,(H,30,35). The molecule has 1 aliphatic rings. The maximum Gasteiger partial charge on any atom is 0.296 e. The zero-order valence-electron chi connectivity index (χ0n) is 20.7. The summed E-state index contributed by atoms with van der Waals surface area (Å²) in [5, 5.41) is 7.12. The first kappa shape index (κ1) is 24.4. The van der Waals surface area contributed by atoms with Crippen LogP contribution in [0.5, 0.6) is 0 Å². The molecule has 2 amide bonds. The number of hydrogen-bond donors (Lipinski definition) is 1. The van der Waals surface area contributed by atoms with Crippen LogP contribution in [-0.4, -0.2) is 33.0 Å². The fourth-order valence-corrected chi connectivity index (χ4v) is 5.61. The van der Waals surface area contributed by atoms with Gasteiger partial charge in [0.05, 0.1) is 11.3 Å². The summed E-state index contributed by atoms with van der Waals surface area (Å²) in [5.74, 6) is -0.852. The van der Waals surface area contributed by atoms with Crippen molar-refractivity contribution in [1.29, 1.82) is 0 Å². The Kier molecular flexibility index (Phi) is 6.08. The first-order valence-electron chi connectivity index (χ1n) is 12.2. The largest absolute Gasteiger partial charge is 0.325 e. The van der Waals surface area contributed by atoms with Gasteiger partial charge in [-0.1, -0.05) is 72.0 Å². The van der Waals surface area contributed by atoms with Gasteiger partial charge in [0.2, 0.25) is 10.9 Å². The molecule has 0 fully saturated rings. The van der Waals surface area contributed by atoms with Gasteiger partial charge in [-0.3, -0.25) is 24.1 Å². The van der Waals surface area contributed by atoms with Crippen molar-refractivity contribution >= 4 is 45.1 Å². The number of aryl methyl sites for hydroxylation is 1. The van der Waals surface area contributed by atoms with Crippen molar-refractivity contribution in [2.24, 2.45) is 0 Å². The van der Waals surface area contributed by atoms with Crippen LogP contribution in [0.3, 0.4) is 0 Å². The number of rotatable bonds is 5. The number of amides is 2. The van der Waals surface area contributed by atoms with E-state index in [0.717, 1.165) is 27.0 Å². The van der Waals surface area contributed by atoms with Gasteiger partial charge < -0.3 is 5.32 Å². The second-order valence-corrected chi connectivity index (χ2v) is 10.1. The Bertz CT molecular complexity index is 1950. The van der Waals surface area contributed by atoms with Crippen LogP contribution in [0.25, 0.3) is 10.5 Å². The number of thiazole rings is 1. The molecule has 1 aliphatic heterocycles. The van der Waals surface area contributed by atoms with E-state index in [-0.39, 0.29) is 39.6 Å². The van der Waals surface area contributed by atoms with Crippen LogP contribution in [0, 0.1) is 6.92 Å². The van der Waals surface area contributed by atoms with E-state index >= 15 is 0 Å². The Hall–Kier alpha value is -4.96. The zero-order chi connectivity index (χ0) is 27.1. The second kappa shape index (κ2) is 9.73. The number of carbonyl (C=O) groups excluding carboxylic acids is 2. The summed E-state index contributed by atoms with van der Waals surface area (Å²) in [7, 11) is 0. The molecule has 0 radical (unpaired) electrons. The molecule has 3 aromatic carbocycles. The summed E-state index contributed by atoms with van der Waals surface area (Å²) in [6.45, 7) is 1.69. The minimum absolute atomic E-state index is 0.102. The number of nitrogens with one attached hydrogen (secondary N) is 1. The molecule has 0 atom stereocenters. The quantitative estimate of drug-likeness (QED) is 0.370. The Morgan fingerprint density at radius 2 is 1.72 bits per heavy atom. The first-order valence-corrected chi connectivity index (χ1v) is 13.0. The number of nitrogens with zero attached hydrogens (tertiary/aromatic N) is 4. The molecule has 1 N–H and O–H groups in total. The van der Waals surface area contributed by atoms with Crippen LogP contribution >= 0.6 is 11.3 Å². The Morgan fingerprint density at radius 1 is 0.949 bits per heavy atom. The predicted molar refractivity (Wildman–Crippen MR) is 149 cm³/mol. The summed E-state index contributed by atoms with van der Waals surface area (Å²) in [6, 6.07) is 23.7. The normalized spacial score (nSPS) is 14.1. The van der Waals surface area contributed by atoms with Crippen molar-refractivity contribution in [1.82, 2.24) is 14.6 Å². The van der Waals surface area contributed by atoms with E-state index < -0.39 is 17.0 Å². The number of benzene rings is 3. The predicted octanol–water partition coefficient (Wildman–Crippen LogP) is 2.31. The van der Waals surface area contributed by atoms with Gasteiger partial charge in [-0.05, 0) is 36.2 Å². The van der Waals surface area contributed by atoms with E-state index in [1.54, 1.807) is 30.3 Å². The minimum Gasteiger partial charge on any atom is -0.325 e. The summed E-state index contributed by atoms with van der Waals surface area (Å²) in [4.78, 5) is 58.3. The summed E-state index contributed by atoms with van der Waals surface area (Å²) in [6.07, 6.45) is 0.225. The van der Waals surface area contributed by atoms with Crippen molar-refractivity contribution in [3.8, 4) is 0 Å². The number of anilines is 2. The van der Waals surface area contributed by atoms with Crippen LogP contribution in [0.15, 0.2) is 88.5 Å². The van der Waals surface area contributed by atoms with Crippen LogP contribution in [0.4, 0.5) is 11.4 Å². The Morgan fingerprint density at radius 3 is 2.51 bits per heavy atom. The maximum absolute atomic E-state index is 13.7. The average Bonchev–Trinajstić information content (AvgIpc) is 3.37. The number of hydrogen-bond acceptors (Lipinski definition) is 7. The van der Waals surface area contributed by atoms with Gasteiger partial charge >= 0.3 is 0 Å². The molecule has 10 heteroatoms. The van der Waals surface area contributed by atoms with Crippen LogP contribution in [0.2, 0.25) is 0 Å². The lowest BCUT2D eigenvalue weighted by Crippen LogP contribution is -2.37. The summed E-state index contributed by atoms with van der Waals surface area (Å²) in [5.41, 5.74) is 2.77. The van der Waals surface area contributed by atoms with Gasteiger partial charge in [-0.2, -0.15) is 14.6 Å². The van der Waals surface area contributed by atoms with E-state index in [9.17, 15) is 19.2 Å². The van der Waals surface area contributed by atoms with E-state index in [2.05, 4.69) is 15.4 Å². The molecule has 0 aliphatic carbocycles. The molecule has 6 rings (SSSR count). The number of fused-ring (bicyclic) bond motifs is 2. The third-order valence-corrected chi connectivity index (χ3v) is 7.42. The number of aromatic nitrogens is 3. The first-order chi connectivity index (χ1) is 18.9. The third-order valence-electron chi connectivity index (χ3n) is 6.39. The monoisotopic (exact) mass is 535 g/mol. The van der Waals surface area contributed by atoms with Crippen LogP contribution in [0.1, 0.15) is 22.4 Å². The molecule has 0 spiro atoms. The fraction of sp³-hybridized carbons (Fsp3) is 0.103. The van der Waals surface area contributed by atoms with Crippen molar-refractivity contribution in [3.05, 3.63) is 126 Å². The molecule has 3 heterocycles. The molecule has 0 unspecified atom stereocenters. The van der Waals surface area contributed by atoms with Gasteiger partial charge in [0.15, 0.2) is 0 Å². The van der Waals surface area contributed by atoms with Crippen LogP contribution < -0.4 is 25.9 Å². The number of para-hydroxylation sites is 1. The minimum atomic E-state index is -0.541. The van der Waals surface area contributed by atoms with Crippen molar-refractivity contribution < 1.29 is 9.59 Å². The molecule has 2 aromatic heterocycles. The number of carbonyl (C=O) groups is 2. The lowest BCUT2D eigenvalue weighted by atomic mass is 10.1. The average molecular weight is 536 g/mol. The highest BCUT2D eigenvalue weighted by atomic mass is 32.1. The Balaban J connectivity index is 1.41. The third kappa shape index (κ3) is 4.51. The second-order valence-electron chi connectivity index (χ2n) is 9.16. The highest BCUT2D eigenvalue weighted by Gasteiger charge is 2.35. The van der Waals surface area contributed by atoms with Gasteiger partial charge in [0.1, 0.15) is 16.8 Å². The topological polar surface area (TPSA) is 114 Å². The van der Waals surface area contributed by atoms with Gasteiger partial charge in [0.25, 0.3) is 17.0 Å². The summed E-state index contributed by atoms with van der Waals surface area (Å²) < 4.78 is 1.20. The molecule has 0 saturated heterocycles. The van der Waals surface area contributed by atoms with Crippen molar-refractivity contribution in [2.45, 2.75) is 13.3 Å². The molecular formula is C29H21N5O4S. The highest BCUT2D eigenvalue weighted by Crippen LogP contribution is 2.35. The molecule has 9 nitrogen and oxygen atoms in total. The highest BCUT2D eigenvalue weighted by molar-refractivity contribution is 7.15. The lowest BCUT2D eigenvalue weighted by molar-refractivity contribution is -0.118. The Labute approximate surface area is 225 Å². The molecule has 0 saturated carbocycles. The van der Waals surface area contributed by atoms with E-state index in [1.807, 2.05) is 55.5 Å². The fourth-order valence-electron chi connectivity index (χ4n) is 4.62. The molecule has 0 bridgehead atoms. The smallest absolute Gasteiger partial charge is 0.296 e. The zero-order valence-corrected chi connectivity index (χ0v) is 21.6.